The zero-order valence-corrected chi connectivity index (χ0v) is 11.2. The highest BCUT2D eigenvalue weighted by molar-refractivity contribution is 7.89. The second-order valence-electron chi connectivity index (χ2n) is 3.61. The van der Waals surface area contributed by atoms with Gasteiger partial charge in [0.05, 0.1) is 16.5 Å². The van der Waals surface area contributed by atoms with E-state index in [9.17, 15) is 8.42 Å². The molecule has 0 spiro atoms. The number of hydrogen-bond acceptors (Lipinski definition) is 3. The van der Waals surface area contributed by atoms with Crippen molar-refractivity contribution in [3.05, 3.63) is 29.3 Å². The highest BCUT2D eigenvalue weighted by Crippen LogP contribution is 2.19. The van der Waals surface area contributed by atoms with Crippen LogP contribution in [0.3, 0.4) is 0 Å². The summed E-state index contributed by atoms with van der Waals surface area (Å²) in [5.41, 5.74) is 1.01. The topological polar surface area (TPSA) is 61.2 Å². The monoisotopic (exact) mass is 272 g/mol. The van der Waals surface area contributed by atoms with Gasteiger partial charge in [0.25, 0.3) is 0 Å². The van der Waals surface area contributed by atoms with E-state index in [4.69, 9.17) is 16.9 Å². The Morgan fingerprint density at radius 3 is 2.59 bits per heavy atom. The Balaban J connectivity index is 3.21. The van der Waals surface area contributed by atoms with Crippen LogP contribution in [0.25, 0.3) is 0 Å². The number of alkyl halides is 1. The third kappa shape index (κ3) is 2.97. The summed E-state index contributed by atoms with van der Waals surface area (Å²) in [6.07, 6.45) is 0. The predicted octanol–water partition coefficient (Wildman–Crippen LogP) is 1.73. The quantitative estimate of drug-likeness (QED) is 0.784. The molecule has 0 aromatic heterocycles. The highest BCUT2D eigenvalue weighted by Gasteiger charge is 2.22. The number of benzene rings is 1. The zero-order valence-electron chi connectivity index (χ0n) is 9.64. The normalized spacial score (nSPS) is 11.5. The van der Waals surface area contributed by atoms with Crippen molar-refractivity contribution in [3.8, 4) is 6.07 Å². The average Bonchev–Trinajstić information content (AvgIpc) is 2.28. The third-order valence-electron chi connectivity index (χ3n) is 2.39. The minimum Gasteiger partial charge on any atom is -0.207 e. The number of aryl methyl sites for hydroxylation is 1. The van der Waals surface area contributed by atoms with Gasteiger partial charge >= 0.3 is 0 Å². The fourth-order valence-corrected chi connectivity index (χ4v) is 3.14. The van der Waals surface area contributed by atoms with Crippen molar-refractivity contribution in [2.75, 3.05) is 19.5 Å². The molecule has 0 saturated heterocycles. The van der Waals surface area contributed by atoms with Crippen molar-refractivity contribution in [3.63, 3.8) is 0 Å². The van der Waals surface area contributed by atoms with E-state index in [1.165, 1.54) is 23.5 Å². The van der Waals surface area contributed by atoms with Crippen molar-refractivity contribution in [1.82, 2.24) is 4.31 Å². The first-order chi connectivity index (χ1) is 7.93. The fraction of sp³-hybridized carbons (Fsp3) is 0.364. The predicted molar refractivity (Wildman–Crippen MR) is 66.4 cm³/mol. The number of halogens is 1. The van der Waals surface area contributed by atoms with Crippen molar-refractivity contribution < 1.29 is 8.42 Å². The molecule has 0 N–H and O–H groups in total. The molecule has 6 heteroatoms. The van der Waals surface area contributed by atoms with E-state index in [1.807, 2.05) is 6.07 Å². The first-order valence-electron chi connectivity index (χ1n) is 4.96. The van der Waals surface area contributed by atoms with Gasteiger partial charge in [-0.2, -0.15) is 9.57 Å². The molecule has 17 heavy (non-hydrogen) atoms. The van der Waals surface area contributed by atoms with Crippen LogP contribution in [-0.4, -0.2) is 32.2 Å². The molecule has 0 atom stereocenters. The SMILES string of the molecule is Cc1cc(C#N)ccc1S(=O)(=O)N(C)CCCl. The molecule has 0 amide bonds. The van der Waals surface area contributed by atoms with Crippen LogP contribution in [0.15, 0.2) is 23.1 Å². The first kappa shape index (κ1) is 14.0. The van der Waals surface area contributed by atoms with Gasteiger partial charge in [0.1, 0.15) is 0 Å². The van der Waals surface area contributed by atoms with Crippen molar-refractivity contribution in [2.24, 2.45) is 0 Å². The van der Waals surface area contributed by atoms with E-state index in [1.54, 1.807) is 13.0 Å². The molecule has 0 radical (unpaired) electrons. The summed E-state index contributed by atoms with van der Waals surface area (Å²) >= 11 is 5.53. The van der Waals surface area contributed by atoms with Gasteiger partial charge in [0, 0.05) is 19.5 Å². The molecule has 0 bridgehead atoms. The molecule has 1 aromatic carbocycles. The maximum absolute atomic E-state index is 12.1. The number of rotatable bonds is 4. The molecule has 0 fully saturated rings. The Morgan fingerprint density at radius 1 is 1.47 bits per heavy atom. The van der Waals surface area contributed by atoms with Gasteiger partial charge in [-0.05, 0) is 30.7 Å². The molecule has 4 nitrogen and oxygen atoms in total. The highest BCUT2D eigenvalue weighted by atomic mass is 35.5. The molecule has 0 unspecified atom stereocenters. The summed E-state index contributed by atoms with van der Waals surface area (Å²) in [6, 6.07) is 6.48. The Hall–Kier alpha value is -1.09. The molecular formula is C11H13ClN2O2S. The van der Waals surface area contributed by atoms with Crippen molar-refractivity contribution in [1.29, 1.82) is 5.26 Å². The lowest BCUT2D eigenvalue weighted by Gasteiger charge is -2.17. The van der Waals surface area contributed by atoms with E-state index in [0.29, 0.717) is 11.1 Å². The summed E-state index contributed by atoms with van der Waals surface area (Å²) < 4.78 is 25.5. The maximum Gasteiger partial charge on any atom is 0.243 e. The van der Waals surface area contributed by atoms with E-state index in [2.05, 4.69) is 0 Å². The number of sulfonamides is 1. The Kier molecular flexibility index (Phi) is 4.52. The molecule has 0 heterocycles. The smallest absolute Gasteiger partial charge is 0.207 e. The molecule has 0 aliphatic carbocycles. The summed E-state index contributed by atoms with van der Waals surface area (Å²) in [5, 5.41) is 8.72. The molecule has 1 rings (SSSR count). The van der Waals surface area contributed by atoms with E-state index >= 15 is 0 Å². The van der Waals surface area contributed by atoms with Gasteiger partial charge in [0.2, 0.25) is 10.0 Å². The lowest BCUT2D eigenvalue weighted by Crippen LogP contribution is -2.29. The molecule has 0 saturated carbocycles. The third-order valence-corrected chi connectivity index (χ3v) is 4.58. The summed E-state index contributed by atoms with van der Waals surface area (Å²) in [4.78, 5) is 0.212. The molecule has 0 aliphatic heterocycles. The van der Waals surface area contributed by atoms with Crippen molar-refractivity contribution >= 4 is 21.6 Å². The van der Waals surface area contributed by atoms with Gasteiger partial charge in [-0.25, -0.2) is 8.42 Å². The fourth-order valence-electron chi connectivity index (χ4n) is 1.42. The van der Waals surface area contributed by atoms with Crippen molar-refractivity contribution in [2.45, 2.75) is 11.8 Å². The molecule has 0 aliphatic rings. The van der Waals surface area contributed by atoms with Gasteiger partial charge in [-0.15, -0.1) is 11.6 Å². The lowest BCUT2D eigenvalue weighted by atomic mass is 10.2. The molecule has 1 aromatic rings. The first-order valence-corrected chi connectivity index (χ1v) is 6.94. The van der Waals surface area contributed by atoms with E-state index in [0.717, 1.165) is 0 Å². The molecular weight excluding hydrogens is 260 g/mol. The van der Waals surface area contributed by atoms with Crippen LogP contribution in [-0.2, 0) is 10.0 Å². The lowest BCUT2D eigenvalue weighted by molar-refractivity contribution is 0.487. The minimum absolute atomic E-state index is 0.212. The van der Waals surface area contributed by atoms with Gasteiger partial charge in [-0.3, -0.25) is 0 Å². The van der Waals surface area contributed by atoms with Crippen LogP contribution >= 0.6 is 11.6 Å². The van der Waals surface area contributed by atoms with E-state index < -0.39 is 10.0 Å². The summed E-state index contributed by atoms with van der Waals surface area (Å²) in [6.45, 7) is 1.92. The number of hydrogen-bond donors (Lipinski definition) is 0. The maximum atomic E-state index is 12.1. The number of nitriles is 1. The van der Waals surface area contributed by atoms with Crippen LogP contribution in [0.4, 0.5) is 0 Å². The second-order valence-corrected chi connectivity index (χ2v) is 6.00. The standard InChI is InChI=1S/C11H13ClN2O2S/c1-9-7-10(8-13)3-4-11(9)17(15,16)14(2)6-5-12/h3-4,7H,5-6H2,1-2H3. The van der Waals surface area contributed by atoms with E-state index in [-0.39, 0.29) is 17.3 Å². The second kappa shape index (κ2) is 5.50. The Labute approximate surface area is 106 Å². The summed E-state index contributed by atoms with van der Waals surface area (Å²) in [7, 11) is -2.04. The number of nitrogens with zero attached hydrogens (tertiary/aromatic N) is 2. The minimum atomic E-state index is -3.52. The largest absolute Gasteiger partial charge is 0.243 e. The Bertz CT molecular complexity index is 549. The van der Waals surface area contributed by atoms with Crippen LogP contribution in [0, 0.1) is 18.3 Å². The van der Waals surface area contributed by atoms with Crippen LogP contribution in [0.1, 0.15) is 11.1 Å². The zero-order chi connectivity index (χ0) is 13.1. The van der Waals surface area contributed by atoms with Crippen LogP contribution < -0.4 is 0 Å². The average molecular weight is 273 g/mol. The van der Waals surface area contributed by atoms with Gasteiger partial charge in [0.15, 0.2) is 0 Å². The summed E-state index contributed by atoms with van der Waals surface area (Å²) in [5.74, 6) is 0.241. The molecule has 92 valence electrons. The van der Waals surface area contributed by atoms with Gasteiger partial charge in [-0.1, -0.05) is 0 Å². The Morgan fingerprint density at radius 2 is 2.12 bits per heavy atom. The van der Waals surface area contributed by atoms with Crippen LogP contribution in [0.2, 0.25) is 0 Å². The van der Waals surface area contributed by atoms with Crippen LogP contribution in [0.5, 0.6) is 0 Å². The van der Waals surface area contributed by atoms with Gasteiger partial charge < -0.3 is 0 Å².